The largest absolute Gasteiger partial charge is 0.371 e. The van der Waals surface area contributed by atoms with Gasteiger partial charge < -0.3 is 9.72 Å². The summed E-state index contributed by atoms with van der Waals surface area (Å²) >= 11 is 0. The molecule has 0 saturated heterocycles. The van der Waals surface area contributed by atoms with Crippen molar-refractivity contribution in [1.82, 2.24) is 9.97 Å². The van der Waals surface area contributed by atoms with Crippen LogP contribution in [0.2, 0.25) is 0 Å². The Hall–Kier alpha value is -1.16. The maximum Gasteiger partial charge on any atom is 0.254 e. The topological polar surface area (TPSA) is 55.0 Å². The summed E-state index contributed by atoms with van der Waals surface area (Å²) in [6.07, 6.45) is 1.46. The molecule has 0 aromatic carbocycles. The molecule has 0 spiro atoms. The van der Waals surface area contributed by atoms with Crippen LogP contribution in [-0.2, 0) is 16.8 Å². The summed E-state index contributed by atoms with van der Waals surface area (Å²) < 4.78 is 5.42. The zero-order chi connectivity index (χ0) is 12.3. The van der Waals surface area contributed by atoms with Crippen molar-refractivity contribution in [3.63, 3.8) is 0 Å². The minimum atomic E-state index is -0.518. The number of aromatic nitrogens is 2. The summed E-state index contributed by atoms with van der Waals surface area (Å²) in [5, 5.41) is 0. The molecule has 16 heavy (non-hydrogen) atoms. The molecule has 0 aliphatic rings. The SMILES string of the molecule is CCc1c(C)nc(C(C)(CC)OC)[nH]c1=O. The van der Waals surface area contributed by atoms with Crippen LogP contribution in [0.5, 0.6) is 0 Å². The average molecular weight is 224 g/mol. The number of hydrogen-bond donors (Lipinski definition) is 1. The fourth-order valence-electron chi connectivity index (χ4n) is 1.69. The van der Waals surface area contributed by atoms with Crippen molar-refractivity contribution in [1.29, 1.82) is 0 Å². The van der Waals surface area contributed by atoms with Gasteiger partial charge >= 0.3 is 0 Å². The van der Waals surface area contributed by atoms with Gasteiger partial charge in [-0.2, -0.15) is 0 Å². The number of aryl methyl sites for hydroxylation is 1. The first-order chi connectivity index (χ1) is 7.48. The smallest absolute Gasteiger partial charge is 0.254 e. The molecule has 90 valence electrons. The molecule has 1 heterocycles. The summed E-state index contributed by atoms with van der Waals surface area (Å²) in [5.74, 6) is 0.609. The molecule has 1 atom stereocenters. The monoisotopic (exact) mass is 224 g/mol. The molecule has 0 bridgehead atoms. The molecular formula is C12H20N2O2. The summed E-state index contributed by atoms with van der Waals surface area (Å²) in [4.78, 5) is 19.1. The van der Waals surface area contributed by atoms with Crippen LogP contribution < -0.4 is 5.56 Å². The standard InChI is InChI=1S/C12H20N2O2/c1-6-9-8(3)13-11(14-10(9)15)12(4,7-2)16-5/h6-7H2,1-5H3,(H,13,14,15). The van der Waals surface area contributed by atoms with Crippen LogP contribution in [0.1, 0.15) is 44.3 Å². The predicted molar refractivity (Wildman–Crippen MR) is 63.6 cm³/mol. The number of ether oxygens (including phenoxy) is 1. The van der Waals surface area contributed by atoms with Gasteiger partial charge in [-0.3, -0.25) is 4.79 Å². The van der Waals surface area contributed by atoms with Crippen molar-refractivity contribution >= 4 is 0 Å². The van der Waals surface area contributed by atoms with Crippen molar-refractivity contribution in [2.45, 2.75) is 46.1 Å². The third-order valence-corrected chi connectivity index (χ3v) is 3.20. The van der Waals surface area contributed by atoms with E-state index in [0.29, 0.717) is 12.2 Å². The third kappa shape index (κ3) is 2.16. The van der Waals surface area contributed by atoms with E-state index in [1.807, 2.05) is 27.7 Å². The lowest BCUT2D eigenvalue weighted by atomic mass is 10.0. The first-order valence-corrected chi connectivity index (χ1v) is 5.64. The minimum absolute atomic E-state index is 0.0540. The number of H-pyrrole nitrogens is 1. The van der Waals surface area contributed by atoms with Crippen LogP contribution >= 0.6 is 0 Å². The lowest BCUT2D eigenvalue weighted by Crippen LogP contribution is -2.31. The van der Waals surface area contributed by atoms with E-state index in [2.05, 4.69) is 9.97 Å². The second-order valence-corrected chi connectivity index (χ2v) is 4.12. The molecule has 0 saturated carbocycles. The number of nitrogens with zero attached hydrogens (tertiary/aromatic N) is 1. The van der Waals surface area contributed by atoms with Crippen LogP contribution in [0.25, 0.3) is 0 Å². The normalized spacial score (nSPS) is 14.8. The number of nitrogens with one attached hydrogen (secondary N) is 1. The summed E-state index contributed by atoms with van der Waals surface area (Å²) in [7, 11) is 1.63. The Labute approximate surface area is 96.1 Å². The Morgan fingerprint density at radius 1 is 1.44 bits per heavy atom. The van der Waals surface area contributed by atoms with Gasteiger partial charge in [0.1, 0.15) is 11.4 Å². The molecular weight excluding hydrogens is 204 g/mol. The van der Waals surface area contributed by atoms with Crippen molar-refractivity contribution in [2.75, 3.05) is 7.11 Å². The summed E-state index contributed by atoms with van der Waals surface area (Å²) in [6.45, 7) is 7.75. The van der Waals surface area contributed by atoms with Gasteiger partial charge in [0.15, 0.2) is 0 Å². The molecule has 1 aromatic rings. The molecule has 0 aliphatic carbocycles. The first-order valence-electron chi connectivity index (χ1n) is 5.64. The van der Waals surface area contributed by atoms with Gasteiger partial charge in [0, 0.05) is 18.4 Å². The minimum Gasteiger partial charge on any atom is -0.371 e. The van der Waals surface area contributed by atoms with Crippen molar-refractivity contribution in [3.05, 3.63) is 27.4 Å². The second-order valence-electron chi connectivity index (χ2n) is 4.12. The van der Waals surface area contributed by atoms with Crippen LogP contribution in [0.4, 0.5) is 0 Å². The number of methoxy groups -OCH3 is 1. The molecule has 4 nitrogen and oxygen atoms in total. The molecule has 0 radical (unpaired) electrons. The van der Waals surface area contributed by atoms with Crippen molar-refractivity contribution < 1.29 is 4.74 Å². The average Bonchev–Trinajstić information content (AvgIpc) is 2.27. The quantitative estimate of drug-likeness (QED) is 0.850. The van der Waals surface area contributed by atoms with Gasteiger partial charge in [-0.25, -0.2) is 4.98 Å². The van der Waals surface area contributed by atoms with Gasteiger partial charge in [-0.05, 0) is 26.7 Å². The van der Waals surface area contributed by atoms with Crippen LogP contribution in [-0.4, -0.2) is 17.1 Å². The van der Waals surface area contributed by atoms with Crippen LogP contribution in [0.3, 0.4) is 0 Å². The Balaban J connectivity index is 3.33. The molecule has 0 fully saturated rings. The van der Waals surface area contributed by atoms with E-state index in [1.54, 1.807) is 7.11 Å². The van der Waals surface area contributed by atoms with E-state index in [9.17, 15) is 4.79 Å². The lowest BCUT2D eigenvalue weighted by Gasteiger charge is -2.25. The van der Waals surface area contributed by atoms with Crippen LogP contribution in [0.15, 0.2) is 4.79 Å². The van der Waals surface area contributed by atoms with E-state index < -0.39 is 5.60 Å². The fourth-order valence-corrected chi connectivity index (χ4v) is 1.69. The van der Waals surface area contributed by atoms with Crippen molar-refractivity contribution in [2.24, 2.45) is 0 Å². The Morgan fingerprint density at radius 3 is 2.44 bits per heavy atom. The number of hydrogen-bond acceptors (Lipinski definition) is 3. The highest BCUT2D eigenvalue weighted by molar-refractivity contribution is 5.18. The number of rotatable bonds is 4. The van der Waals surface area contributed by atoms with E-state index >= 15 is 0 Å². The van der Waals surface area contributed by atoms with Gasteiger partial charge in [0.25, 0.3) is 5.56 Å². The van der Waals surface area contributed by atoms with E-state index in [1.165, 1.54) is 0 Å². The zero-order valence-electron chi connectivity index (χ0n) is 10.7. The highest BCUT2D eigenvalue weighted by atomic mass is 16.5. The molecule has 1 unspecified atom stereocenters. The Bertz CT molecular complexity index is 420. The van der Waals surface area contributed by atoms with Gasteiger partial charge in [-0.1, -0.05) is 13.8 Å². The highest BCUT2D eigenvalue weighted by Gasteiger charge is 2.27. The molecule has 0 aliphatic heterocycles. The third-order valence-electron chi connectivity index (χ3n) is 3.20. The lowest BCUT2D eigenvalue weighted by molar-refractivity contribution is -0.00935. The number of aromatic amines is 1. The molecule has 1 aromatic heterocycles. The fraction of sp³-hybridized carbons (Fsp3) is 0.667. The molecule has 1 rings (SSSR count). The first kappa shape index (κ1) is 12.9. The Kier molecular flexibility index (Phi) is 3.86. The molecule has 4 heteroatoms. The Morgan fingerprint density at radius 2 is 2.06 bits per heavy atom. The molecule has 0 amide bonds. The summed E-state index contributed by atoms with van der Waals surface area (Å²) in [6, 6.07) is 0. The maximum atomic E-state index is 11.8. The highest BCUT2D eigenvalue weighted by Crippen LogP contribution is 2.24. The molecule has 1 N–H and O–H groups in total. The summed E-state index contributed by atoms with van der Waals surface area (Å²) in [5.41, 5.74) is 0.967. The van der Waals surface area contributed by atoms with E-state index in [0.717, 1.165) is 17.7 Å². The second kappa shape index (κ2) is 4.78. The van der Waals surface area contributed by atoms with Gasteiger partial charge in [0.05, 0.1) is 0 Å². The van der Waals surface area contributed by atoms with Gasteiger partial charge in [0.2, 0.25) is 0 Å². The van der Waals surface area contributed by atoms with Gasteiger partial charge in [-0.15, -0.1) is 0 Å². The zero-order valence-corrected chi connectivity index (χ0v) is 10.7. The predicted octanol–water partition coefficient (Wildman–Crippen LogP) is 1.91. The van der Waals surface area contributed by atoms with E-state index in [4.69, 9.17) is 4.74 Å². The van der Waals surface area contributed by atoms with E-state index in [-0.39, 0.29) is 5.56 Å². The van der Waals surface area contributed by atoms with Crippen molar-refractivity contribution in [3.8, 4) is 0 Å². The van der Waals surface area contributed by atoms with Crippen LogP contribution in [0, 0.1) is 6.92 Å². The maximum absolute atomic E-state index is 11.8.